The lowest BCUT2D eigenvalue weighted by molar-refractivity contribution is -0.113. The van der Waals surface area contributed by atoms with Crippen LogP contribution in [0.15, 0.2) is 29.8 Å². The van der Waals surface area contributed by atoms with Crippen molar-refractivity contribution >= 4 is 11.5 Å². The van der Waals surface area contributed by atoms with E-state index in [1.165, 1.54) is 18.4 Å². The maximum Gasteiger partial charge on any atom is 0.158 e. The summed E-state index contributed by atoms with van der Waals surface area (Å²) in [6, 6.07) is 8.35. The summed E-state index contributed by atoms with van der Waals surface area (Å²) in [6.07, 6.45) is 2.60. The predicted octanol–water partition coefficient (Wildman–Crippen LogP) is 3.72. The third-order valence-corrected chi connectivity index (χ3v) is 3.52. The van der Waals surface area contributed by atoms with Gasteiger partial charge in [0.2, 0.25) is 0 Å². The molecule has 1 aromatic carbocycles. The summed E-state index contributed by atoms with van der Waals surface area (Å²) >= 11 is 0. The average Bonchev–Trinajstić information content (AvgIpc) is 3.12. The first kappa shape index (κ1) is 12.9. The molecule has 0 heterocycles. The second-order valence-electron chi connectivity index (χ2n) is 5.43. The van der Waals surface area contributed by atoms with Gasteiger partial charge >= 0.3 is 0 Å². The van der Waals surface area contributed by atoms with Crippen LogP contribution in [-0.4, -0.2) is 5.78 Å². The van der Waals surface area contributed by atoms with E-state index >= 15 is 0 Å². The zero-order valence-electron chi connectivity index (χ0n) is 11.4. The molecule has 1 aliphatic rings. The number of rotatable bonds is 4. The molecule has 0 spiro atoms. The van der Waals surface area contributed by atoms with E-state index in [1.54, 1.807) is 6.92 Å². The summed E-state index contributed by atoms with van der Waals surface area (Å²) in [6.45, 7) is 5.59. The number of hydrogen-bond donors (Lipinski definition) is 1. The van der Waals surface area contributed by atoms with Crippen LogP contribution < -0.4 is 5.73 Å². The smallest absolute Gasteiger partial charge is 0.158 e. The highest BCUT2D eigenvalue weighted by Crippen LogP contribution is 2.40. The van der Waals surface area contributed by atoms with Gasteiger partial charge in [-0.3, -0.25) is 4.79 Å². The Kier molecular flexibility index (Phi) is 3.55. The van der Waals surface area contributed by atoms with Crippen molar-refractivity contribution in [2.45, 2.75) is 39.5 Å². The maximum absolute atomic E-state index is 11.6. The lowest BCUT2D eigenvalue weighted by Crippen LogP contribution is -2.12. The van der Waals surface area contributed by atoms with Gasteiger partial charge in [-0.2, -0.15) is 0 Å². The van der Waals surface area contributed by atoms with Crippen molar-refractivity contribution in [2.75, 3.05) is 0 Å². The number of ketones is 1. The van der Waals surface area contributed by atoms with Gasteiger partial charge < -0.3 is 5.73 Å². The van der Waals surface area contributed by atoms with Gasteiger partial charge in [0.05, 0.1) is 0 Å². The lowest BCUT2D eigenvalue weighted by Gasteiger charge is -2.13. The first-order valence-electron chi connectivity index (χ1n) is 6.61. The standard InChI is InChI=1S/C16H21NO.H2/c1-10(2)15(11(3)18)16(17)14-8-6-13(7-9-14)12-4-5-12;/h6-10,12H,4-5,17H2,1-3H3;1H/b16-15-;. The van der Waals surface area contributed by atoms with Gasteiger partial charge in [0.1, 0.15) is 0 Å². The highest BCUT2D eigenvalue weighted by atomic mass is 16.1. The minimum Gasteiger partial charge on any atom is -0.398 e. The molecule has 18 heavy (non-hydrogen) atoms. The summed E-state index contributed by atoms with van der Waals surface area (Å²) in [4.78, 5) is 11.6. The molecule has 0 aliphatic heterocycles. The van der Waals surface area contributed by atoms with Crippen LogP contribution in [0, 0.1) is 5.92 Å². The Bertz CT molecular complexity index is 484. The van der Waals surface area contributed by atoms with Gasteiger partial charge in [-0.25, -0.2) is 0 Å². The van der Waals surface area contributed by atoms with Crippen molar-refractivity contribution in [3.05, 3.63) is 41.0 Å². The van der Waals surface area contributed by atoms with Crippen LogP contribution >= 0.6 is 0 Å². The van der Waals surface area contributed by atoms with Crippen molar-refractivity contribution in [3.8, 4) is 0 Å². The van der Waals surface area contributed by atoms with Crippen LogP contribution in [0.5, 0.6) is 0 Å². The quantitative estimate of drug-likeness (QED) is 0.821. The van der Waals surface area contributed by atoms with Gasteiger partial charge in [0.15, 0.2) is 5.78 Å². The molecule has 98 valence electrons. The Hall–Kier alpha value is -1.57. The molecule has 1 fully saturated rings. The summed E-state index contributed by atoms with van der Waals surface area (Å²) in [7, 11) is 0. The molecular formula is C16H23NO. The first-order chi connectivity index (χ1) is 8.50. The van der Waals surface area contributed by atoms with E-state index in [0.717, 1.165) is 17.1 Å². The van der Waals surface area contributed by atoms with E-state index in [1.807, 2.05) is 26.0 Å². The van der Waals surface area contributed by atoms with Crippen LogP contribution in [0.3, 0.4) is 0 Å². The largest absolute Gasteiger partial charge is 0.398 e. The Labute approximate surface area is 110 Å². The zero-order chi connectivity index (χ0) is 13.3. The van der Waals surface area contributed by atoms with Crippen molar-refractivity contribution in [1.82, 2.24) is 0 Å². The number of benzene rings is 1. The van der Waals surface area contributed by atoms with E-state index in [0.29, 0.717) is 5.70 Å². The normalized spacial score (nSPS) is 16.7. The number of allylic oxidation sites excluding steroid dienone is 1. The number of carbonyl (C=O) groups is 1. The van der Waals surface area contributed by atoms with Crippen LogP contribution in [0.25, 0.3) is 5.70 Å². The van der Waals surface area contributed by atoms with Crippen LogP contribution in [-0.2, 0) is 4.79 Å². The summed E-state index contributed by atoms with van der Waals surface area (Å²) in [5.41, 5.74) is 9.84. The van der Waals surface area contributed by atoms with Crippen molar-refractivity contribution in [2.24, 2.45) is 11.7 Å². The molecule has 0 radical (unpaired) electrons. The minimum atomic E-state index is 0. The molecule has 1 aromatic rings. The minimum absolute atomic E-state index is 0. The summed E-state index contributed by atoms with van der Waals surface area (Å²) < 4.78 is 0. The van der Waals surface area contributed by atoms with Gasteiger partial charge in [0.25, 0.3) is 0 Å². The first-order valence-corrected chi connectivity index (χ1v) is 6.61. The molecule has 2 nitrogen and oxygen atoms in total. The fraction of sp³-hybridized carbons (Fsp3) is 0.438. The molecule has 1 aliphatic carbocycles. The van der Waals surface area contributed by atoms with Gasteiger partial charge in [-0.15, -0.1) is 0 Å². The second kappa shape index (κ2) is 4.97. The van der Waals surface area contributed by atoms with Crippen molar-refractivity contribution in [3.63, 3.8) is 0 Å². The molecule has 0 bridgehead atoms. The van der Waals surface area contributed by atoms with Crippen LogP contribution in [0.4, 0.5) is 0 Å². The topological polar surface area (TPSA) is 43.1 Å². The van der Waals surface area contributed by atoms with E-state index in [9.17, 15) is 4.79 Å². The number of carbonyl (C=O) groups excluding carboxylic acids is 1. The maximum atomic E-state index is 11.6. The van der Waals surface area contributed by atoms with Crippen molar-refractivity contribution < 1.29 is 6.22 Å². The monoisotopic (exact) mass is 245 g/mol. The van der Waals surface area contributed by atoms with Crippen LogP contribution in [0.1, 0.15) is 52.1 Å². The summed E-state index contributed by atoms with van der Waals surface area (Å²) in [5.74, 6) is 0.973. The van der Waals surface area contributed by atoms with E-state index in [-0.39, 0.29) is 13.1 Å². The molecule has 0 saturated heterocycles. The third kappa shape index (κ3) is 2.63. The molecular weight excluding hydrogens is 222 g/mol. The highest BCUT2D eigenvalue weighted by Gasteiger charge is 2.23. The van der Waals surface area contributed by atoms with Gasteiger partial charge in [-0.1, -0.05) is 38.1 Å². The third-order valence-electron chi connectivity index (χ3n) is 3.52. The Balaban J connectivity index is 0.00000180. The fourth-order valence-electron chi connectivity index (χ4n) is 2.41. The van der Waals surface area contributed by atoms with E-state index in [2.05, 4.69) is 12.1 Å². The van der Waals surface area contributed by atoms with Crippen LogP contribution in [0.2, 0.25) is 0 Å². The highest BCUT2D eigenvalue weighted by molar-refractivity contribution is 6.00. The van der Waals surface area contributed by atoms with Crippen molar-refractivity contribution in [1.29, 1.82) is 0 Å². The average molecular weight is 245 g/mol. The molecule has 0 aromatic heterocycles. The molecule has 2 heteroatoms. The van der Waals surface area contributed by atoms with Gasteiger partial charge in [-0.05, 0) is 42.7 Å². The molecule has 0 unspecified atom stereocenters. The van der Waals surface area contributed by atoms with E-state index < -0.39 is 0 Å². The predicted molar refractivity (Wildman–Crippen MR) is 77.2 cm³/mol. The molecule has 2 N–H and O–H groups in total. The SMILES string of the molecule is CC(=O)/C(=C(\N)c1ccc(C2CC2)cc1)C(C)C.[HH]. The fourth-order valence-corrected chi connectivity index (χ4v) is 2.41. The molecule has 2 rings (SSSR count). The summed E-state index contributed by atoms with van der Waals surface area (Å²) in [5, 5.41) is 0. The second-order valence-corrected chi connectivity index (χ2v) is 5.43. The zero-order valence-corrected chi connectivity index (χ0v) is 11.4. The number of hydrogen-bond acceptors (Lipinski definition) is 2. The van der Waals surface area contributed by atoms with Gasteiger partial charge in [0, 0.05) is 12.7 Å². The Morgan fingerprint density at radius 3 is 2.22 bits per heavy atom. The lowest BCUT2D eigenvalue weighted by atomic mass is 9.94. The molecule has 1 saturated carbocycles. The Morgan fingerprint density at radius 2 is 1.83 bits per heavy atom. The number of Topliss-reactive ketones (excluding diaryl/α,β-unsaturated/α-hetero) is 1. The number of nitrogens with two attached hydrogens (primary N) is 1. The Morgan fingerprint density at radius 1 is 1.28 bits per heavy atom. The molecule has 0 amide bonds. The molecule has 0 atom stereocenters. The van der Waals surface area contributed by atoms with E-state index in [4.69, 9.17) is 5.73 Å².